The van der Waals surface area contributed by atoms with Crippen LogP contribution in [0.1, 0.15) is 28.4 Å². The highest BCUT2D eigenvalue weighted by Gasteiger charge is 2.13. The van der Waals surface area contributed by atoms with Crippen molar-refractivity contribution in [3.63, 3.8) is 0 Å². The Morgan fingerprint density at radius 1 is 1.33 bits per heavy atom. The van der Waals surface area contributed by atoms with E-state index in [1.54, 1.807) is 6.20 Å². The fraction of sp³-hybridized carbons (Fsp3) is 0.273. The van der Waals surface area contributed by atoms with Gasteiger partial charge in [0.05, 0.1) is 29.7 Å². The number of hydrogen-bond acceptors (Lipinski definition) is 4. The highest BCUT2D eigenvalue weighted by atomic mass is 32.1. The first-order valence-corrected chi connectivity index (χ1v) is 5.51. The SMILES string of the molecule is Cc1ccc(C(N)c2cnsn2)c(C)c1. The molecule has 0 bridgehead atoms. The van der Waals surface area contributed by atoms with Crippen LogP contribution in [0.25, 0.3) is 0 Å². The molecule has 0 spiro atoms. The molecule has 0 aliphatic rings. The second kappa shape index (κ2) is 4.08. The minimum absolute atomic E-state index is 0.163. The molecule has 1 atom stereocenters. The molecule has 1 aromatic carbocycles. The normalized spacial score (nSPS) is 12.7. The van der Waals surface area contributed by atoms with Crippen LogP contribution >= 0.6 is 11.7 Å². The summed E-state index contributed by atoms with van der Waals surface area (Å²) >= 11 is 1.19. The van der Waals surface area contributed by atoms with Crippen LogP contribution in [0.15, 0.2) is 24.4 Å². The van der Waals surface area contributed by atoms with Gasteiger partial charge in [0.25, 0.3) is 0 Å². The number of aryl methyl sites for hydroxylation is 2. The smallest absolute Gasteiger partial charge is 0.0955 e. The molecule has 0 amide bonds. The first kappa shape index (κ1) is 10.3. The number of rotatable bonds is 2. The number of aromatic nitrogens is 2. The number of nitrogens with two attached hydrogens (primary N) is 1. The van der Waals surface area contributed by atoms with Gasteiger partial charge in [0, 0.05) is 0 Å². The van der Waals surface area contributed by atoms with E-state index in [0.717, 1.165) is 11.3 Å². The average molecular weight is 219 g/mol. The molecule has 78 valence electrons. The molecule has 1 heterocycles. The van der Waals surface area contributed by atoms with Crippen molar-refractivity contribution in [2.45, 2.75) is 19.9 Å². The molecule has 1 unspecified atom stereocenters. The van der Waals surface area contributed by atoms with E-state index < -0.39 is 0 Å². The summed E-state index contributed by atoms with van der Waals surface area (Å²) in [4.78, 5) is 0. The first-order chi connectivity index (χ1) is 7.18. The van der Waals surface area contributed by atoms with Gasteiger partial charge in [0.1, 0.15) is 0 Å². The monoisotopic (exact) mass is 219 g/mol. The lowest BCUT2D eigenvalue weighted by Gasteiger charge is -2.12. The molecule has 1 aromatic heterocycles. The lowest BCUT2D eigenvalue weighted by atomic mass is 9.98. The minimum atomic E-state index is -0.163. The quantitative estimate of drug-likeness (QED) is 0.842. The third-order valence-electron chi connectivity index (χ3n) is 2.46. The Bertz CT molecular complexity index is 451. The van der Waals surface area contributed by atoms with E-state index in [1.165, 1.54) is 22.9 Å². The van der Waals surface area contributed by atoms with E-state index in [-0.39, 0.29) is 6.04 Å². The highest BCUT2D eigenvalue weighted by Crippen LogP contribution is 2.22. The Hall–Kier alpha value is -1.26. The minimum Gasteiger partial charge on any atom is -0.319 e. The zero-order valence-electron chi connectivity index (χ0n) is 8.77. The molecule has 2 aromatic rings. The third kappa shape index (κ3) is 2.06. The summed E-state index contributed by atoms with van der Waals surface area (Å²) in [6.45, 7) is 4.15. The lowest BCUT2D eigenvalue weighted by Crippen LogP contribution is -2.13. The number of benzene rings is 1. The van der Waals surface area contributed by atoms with Gasteiger partial charge in [0.15, 0.2) is 0 Å². The molecule has 15 heavy (non-hydrogen) atoms. The Morgan fingerprint density at radius 2 is 2.13 bits per heavy atom. The van der Waals surface area contributed by atoms with Crippen molar-refractivity contribution in [3.8, 4) is 0 Å². The zero-order valence-corrected chi connectivity index (χ0v) is 9.58. The maximum absolute atomic E-state index is 6.12. The van der Waals surface area contributed by atoms with E-state index in [0.29, 0.717) is 0 Å². The molecule has 2 rings (SSSR count). The van der Waals surface area contributed by atoms with Crippen molar-refractivity contribution in [1.82, 2.24) is 8.75 Å². The molecule has 0 aliphatic carbocycles. The largest absolute Gasteiger partial charge is 0.319 e. The molecular formula is C11H13N3S. The predicted molar refractivity (Wildman–Crippen MR) is 61.9 cm³/mol. The summed E-state index contributed by atoms with van der Waals surface area (Å²) in [5.74, 6) is 0. The summed E-state index contributed by atoms with van der Waals surface area (Å²) < 4.78 is 8.13. The number of hydrogen-bond donors (Lipinski definition) is 1. The Balaban J connectivity index is 2.38. The van der Waals surface area contributed by atoms with Gasteiger partial charge in [-0.1, -0.05) is 23.8 Å². The summed E-state index contributed by atoms with van der Waals surface area (Å²) in [7, 11) is 0. The van der Waals surface area contributed by atoms with Gasteiger partial charge in [-0.25, -0.2) is 0 Å². The molecule has 0 fully saturated rings. The van der Waals surface area contributed by atoms with Gasteiger partial charge in [0.2, 0.25) is 0 Å². The predicted octanol–water partition coefficient (Wildman–Crippen LogP) is 2.20. The third-order valence-corrected chi connectivity index (χ3v) is 2.95. The van der Waals surface area contributed by atoms with E-state index in [1.807, 2.05) is 0 Å². The van der Waals surface area contributed by atoms with Gasteiger partial charge in [-0.2, -0.15) is 8.75 Å². The fourth-order valence-corrected chi connectivity index (χ4v) is 2.10. The van der Waals surface area contributed by atoms with Crippen molar-refractivity contribution >= 4 is 11.7 Å². The molecular weight excluding hydrogens is 206 g/mol. The molecule has 0 saturated heterocycles. The van der Waals surface area contributed by atoms with Crippen LogP contribution in [0.2, 0.25) is 0 Å². The van der Waals surface area contributed by atoms with E-state index in [2.05, 4.69) is 40.8 Å². The lowest BCUT2D eigenvalue weighted by molar-refractivity contribution is 0.834. The van der Waals surface area contributed by atoms with Crippen LogP contribution in [0.3, 0.4) is 0 Å². The van der Waals surface area contributed by atoms with Gasteiger partial charge in [-0.05, 0) is 25.0 Å². The van der Waals surface area contributed by atoms with Gasteiger partial charge in [-0.3, -0.25) is 0 Å². The van der Waals surface area contributed by atoms with Crippen molar-refractivity contribution in [3.05, 3.63) is 46.8 Å². The molecule has 4 heteroatoms. The standard InChI is InChI=1S/C11H13N3S/c1-7-3-4-9(8(2)5-7)11(12)10-6-13-15-14-10/h3-6,11H,12H2,1-2H3. The van der Waals surface area contributed by atoms with E-state index in [9.17, 15) is 0 Å². The van der Waals surface area contributed by atoms with Crippen LogP contribution in [-0.4, -0.2) is 8.75 Å². The second-order valence-electron chi connectivity index (χ2n) is 3.67. The van der Waals surface area contributed by atoms with Crippen molar-refractivity contribution < 1.29 is 0 Å². The first-order valence-electron chi connectivity index (χ1n) is 4.78. The van der Waals surface area contributed by atoms with Crippen molar-refractivity contribution in [1.29, 1.82) is 0 Å². The van der Waals surface area contributed by atoms with Crippen molar-refractivity contribution in [2.24, 2.45) is 5.73 Å². The number of nitrogens with zero attached hydrogens (tertiary/aromatic N) is 2. The van der Waals surface area contributed by atoms with Crippen LogP contribution < -0.4 is 5.73 Å². The van der Waals surface area contributed by atoms with Gasteiger partial charge in [-0.15, -0.1) is 0 Å². The maximum atomic E-state index is 6.12. The molecule has 0 aliphatic heterocycles. The Labute approximate surface area is 93.3 Å². The van der Waals surface area contributed by atoms with E-state index >= 15 is 0 Å². The van der Waals surface area contributed by atoms with Crippen LogP contribution in [0.5, 0.6) is 0 Å². The highest BCUT2D eigenvalue weighted by molar-refractivity contribution is 6.99. The molecule has 0 saturated carbocycles. The maximum Gasteiger partial charge on any atom is 0.0955 e. The van der Waals surface area contributed by atoms with Gasteiger partial charge < -0.3 is 5.73 Å². The fourth-order valence-electron chi connectivity index (χ4n) is 1.64. The molecule has 2 N–H and O–H groups in total. The summed E-state index contributed by atoms with van der Waals surface area (Å²) in [6.07, 6.45) is 1.73. The Kier molecular flexibility index (Phi) is 2.79. The van der Waals surface area contributed by atoms with E-state index in [4.69, 9.17) is 5.73 Å². The topological polar surface area (TPSA) is 51.8 Å². The Morgan fingerprint density at radius 3 is 2.73 bits per heavy atom. The zero-order chi connectivity index (χ0) is 10.8. The molecule has 3 nitrogen and oxygen atoms in total. The summed E-state index contributed by atoms with van der Waals surface area (Å²) in [6, 6.07) is 6.11. The van der Waals surface area contributed by atoms with Crippen LogP contribution in [-0.2, 0) is 0 Å². The summed E-state index contributed by atoms with van der Waals surface area (Å²) in [5.41, 5.74) is 10.5. The van der Waals surface area contributed by atoms with Crippen LogP contribution in [0, 0.1) is 13.8 Å². The summed E-state index contributed by atoms with van der Waals surface area (Å²) in [5, 5.41) is 0. The molecule has 0 radical (unpaired) electrons. The second-order valence-corrected chi connectivity index (χ2v) is 4.23. The van der Waals surface area contributed by atoms with Crippen LogP contribution in [0.4, 0.5) is 0 Å². The van der Waals surface area contributed by atoms with Gasteiger partial charge >= 0.3 is 0 Å². The van der Waals surface area contributed by atoms with Crippen molar-refractivity contribution in [2.75, 3.05) is 0 Å². The average Bonchev–Trinajstić information content (AvgIpc) is 2.69.